The normalized spacial score (nSPS) is 11.5. The van der Waals surface area contributed by atoms with Gasteiger partial charge in [0.25, 0.3) is 0 Å². The molecule has 8 nitrogen and oxygen atoms in total. The van der Waals surface area contributed by atoms with Gasteiger partial charge in [0.15, 0.2) is 5.82 Å². The van der Waals surface area contributed by atoms with Crippen molar-refractivity contribution >= 4 is 21.9 Å². The summed E-state index contributed by atoms with van der Waals surface area (Å²) < 4.78 is 13.4. The Bertz CT molecular complexity index is 1650. The van der Waals surface area contributed by atoms with Crippen molar-refractivity contribution in [2.45, 2.75) is 13.5 Å². The van der Waals surface area contributed by atoms with Crippen LogP contribution in [0.1, 0.15) is 12.5 Å². The first-order valence-electron chi connectivity index (χ1n) is 11.3. The molecule has 3 N–H and O–H groups in total. The number of H-pyrrole nitrogens is 2. The molecule has 9 heteroatoms. The molecule has 0 aliphatic heterocycles. The zero-order chi connectivity index (χ0) is 23.8. The number of hydrogen-bond donors (Lipinski definition) is 3. The fourth-order valence-corrected chi connectivity index (χ4v) is 4.12. The van der Waals surface area contributed by atoms with Gasteiger partial charge in [-0.3, -0.25) is 20.1 Å². The SMILES string of the molecule is CCNCc1cncc(-c2cc3c(-c4nc5c(-c6ccc(F)cc6)nccc5[nH]4)n[nH]c3cn2)c1. The van der Waals surface area contributed by atoms with Crippen LogP contribution in [0.15, 0.2) is 67.3 Å². The predicted molar refractivity (Wildman–Crippen MR) is 133 cm³/mol. The monoisotopic (exact) mass is 464 g/mol. The van der Waals surface area contributed by atoms with Gasteiger partial charge in [0.1, 0.15) is 17.0 Å². The summed E-state index contributed by atoms with van der Waals surface area (Å²) in [6, 6.07) is 12.2. The summed E-state index contributed by atoms with van der Waals surface area (Å²) >= 11 is 0. The minimum Gasteiger partial charge on any atom is -0.336 e. The number of rotatable bonds is 6. The number of fused-ring (bicyclic) bond motifs is 2. The molecule has 0 spiro atoms. The summed E-state index contributed by atoms with van der Waals surface area (Å²) in [5.41, 5.74) is 7.29. The van der Waals surface area contributed by atoms with Crippen LogP contribution in [0.5, 0.6) is 0 Å². The average molecular weight is 465 g/mol. The van der Waals surface area contributed by atoms with Gasteiger partial charge in [-0.1, -0.05) is 6.92 Å². The summed E-state index contributed by atoms with van der Waals surface area (Å²) in [6.45, 7) is 3.71. The van der Waals surface area contributed by atoms with Gasteiger partial charge in [0.05, 0.1) is 28.6 Å². The van der Waals surface area contributed by atoms with E-state index in [0.29, 0.717) is 22.7 Å². The molecule has 0 aliphatic carbocycles. The van der Waals surface area contributed by atoms with E-state index in [2.05, 4.69) is 48.4 Å². The van der Waals surface area contributed by atoms with E-state index < -0.39 is 0 Å². The predicted octanol–water partition coefficient (Wildman–Crippen LogP) is 4.87. The molecule has 0 radical (unpaired) electrons. The minimum atomic E-state index is -0.293. The molecule has 172 valence electrons. The second-order valence-electron chi connectivity index (χ2n) is 8.20. The van der Waals surface area contributed by atoms with Crippen LogP contribution in [0, 0.1) is 5.82 Å². The molecular weight excluding hydrogens is 443 g/mol. The van der Waals surface area contributed by atoms with Crippen molar-refractivity contribution in [3.63, 3.8) is 0 Å². The molecule has 0 aliphatic rings. The van der Waals surface area contributed by atoms with Gasteiger partial charge in [-0.05, 0) is 54.6 Å². The topological polar surface area (TPSA) is 108 Å². The van der Waals surface area contributed by atoms with Crippen molar-refractivity contribution in [1.29, 1.82) is 0 Å². The molecule has 0 bridgehead atoms. The van der Waals surface area contributed by atoms with Crippen LogP contribution in [-0.4, -0.2) is 41.7 Å². The standard InChI is InChI=1S/C26H21FN8/c1-2-28-11-15-9-17(13-29-12-15)21-10-19-22(14-31-21)34-35-24(19)26-32-20-7-8-30-23(25(20)33-26)16-3-5-18(27)6-4-16/h3-10,12-14,28H,2,11H2,1H3,(H,32,33)(H,34,35). The number of nitrogens with zero attached hydrogens (tertiary/aromatic N) is 5. The van der Waals surface area contributed by atoms with E-state index in [9.17, 15) is 4.39 Å². The molecule has 0 amide bonds. The Morgan fingerprint density at radius 1 is 0.914 bits per heavy atom. The van der Waals surface area contributed by atoms with Crippen LogP contribution in [0.4, 0.5) is 4.39 Å². The largest absolute Gasteiger partial charge is 0.336 e. The van der Waals surface area contributed by atoms with E-state index >= 15 is 0 Å². The van der Waals surface area contributed by atoms with Crippen molar-refractivity contribution in [1.82, 2.24) is 40.4 Å². The van der Waals surface area contributed by atoms with E-state index in [4.69, 9.17) is 4.98 Å². The zero-order valence-electron chi connectivity index (χ0n) is 18.9. The number of nitrogens with one attached hydrogen (secondary N) is 3. The molecule has 35 heavy (non-hydrogen) atoms. The molecular formula is C26H21FN8. The van der Waals surface area contributed by atoms with Gasteiger partial charge in [-0.2, -0.15) is 5.10 Å². The Labute approximate surface area is 199 Å². The zero-order valence-corrected chi connectivity index (χ0v) is 18.9. The fourth-order valence-electron chi connectivity index (χ4n) is 4.12. The second-order valence-corrected chi connectivity index (χ2v) is 8.20. The summed E-state index contributed by atoms with van der Waals surface area (Å²) in [5.74, 6) is 0.317. The maximum absolute atomic E-state index is 13.4. The third-order valence-corrected chi connectivity index (χ3v) is 5.86. The molecule has 5 heterocycles. The van der Waals surface area contributed by atoms with Crippen molar-refractivity contribution in [2.24, 2.45) is 0 Å². The quantitative estimate of drug-likeness (QED) is 0.324. The van der Waals surface area contributed by atoms with Gasteiger partial charge in [-0.15, -0.1) is 0 Å². The van der Waals surface area contributed by atoms with Crippen LogP contribution >= 0.6 is 0 Å². The van der Waals surface area contributed by atoms with E-state index in [0.717, 1.165) is 51.9 Å². The van der Waals surface area contributed by atoms with Crippen LogP contribution in [-0.2, 0) is 6.54 Å². The Hall–Kier alpha value is -4.50. The minimum absolute atomic E-state index is 0.293. The lowest BCUT2D eigenvalue weighted by atomic mass is 10.1. The van der Waals surface area contributed by atoms with E-state index in [1.807, 2.05) is 24.5 Å². The Morgan fingerprint density at radius 2 is 1.80 bits per heavy atom. The van der Waals surface area contributed by atoms with Gasteiger partial charge >= 0.3 is 0 Å². The number of benzene rings is 1. The molecule has 0 saturated heterocycles. The first-order valence-corrected chi connectivity index (χ1v) is 11.3. The van der Waals surface area contributed by atoms with Crippen molar-refractivity contribution in [3.8, 4) is 34.0 Å². The average Bonchev–Trinajstić information content (AvgIpc) is 3.51. The highest BCUT2D eigenvalue weighted by molar-refractivity contribution is 5.96. The summed E-state index contributed by atoms with van der Waals surface area (Å²) in [6.07, 6.45) is 7.15. The fraction of sp³-hybridized carbons (Fsp3) is 0.115. The molecule has 0 fully saturated rings. The molecule has 6 rings (SSSR count). The maximum atomic E-state index is 13.4. The van der Waals surface area contributed by atoms with E-state index in [1.165, 1.54) is 12.1 Å². The highest BCUT2D eigenvalue weighted by atomic mass is 19.1. The maximum Gasteiger partial charge on any atom is 0.159 e. The third kappa shape index (κ3) is 3.91. The summed E-state index contributed by atoms with van der Waals surface area (Å²) in [5, 5.41) is 11.8. The lowest BCUT2D eigenvalue weighted by Gasteiger charge is -2.05. The van der Waals surface area contributed by atoms with Crippen molar-refractivity contribution in [3.05, 3.63) is 78.6 Å². The van der Waals surface area contributed by atoms with Crippen LogP contribution in [0.3, 0.4) is 0 Å². The molecule has 0 unspecified atom stereocenters. The van der Waals surface area contributed by atoms with Gasteiger partial charge in [-0.25, -0.2) is 9.37 Å². The number of aromatic nitrogens is 7. The Balaban J connectivity index is 1.43. The summed E-state index contributed by atoms with van der Waals surface area (Å²) in [7, 11) is 0. The van der Waals surface area contributed by atoms with Crippen LogP contribution in [0.2, 0.25) is 0 Å². The number of halogens is 1. The van der Waals surface area contributed by atoms with Gasteiger partial charge in [0, 0.05) is 41.6 Å². The lowest BCUT2D eigenvalue weighted by Crippen LogP contribution is -2.11. The van der Waals surface area contributed by atoms with E-state index in [-0.39, 0.29) is 5.82 Å². The Kier molecular flexibility index (Phi) is 5.23. The third-order valence-electron chi connectivity index (χ3n) is 5.86. The number of imidazole rings is 1. The Morgan fingerprint density at radius 3 is 2.66 bits per heavy atom. The van der Waals surface area contributed by atoms with Gasteiger partial charge < -0.3 is 10.3 Å². The second kappa shape index (κ2) is 8.69. The summed E-state index contributed by atoms with van der Waals surface area (Å²) in [4.78, 5) is 21.7. The number of pyridine rings is 3. The molecule has 0 atom stereocenters. The number of aromatic amines is 2. The molecule has 5 aromatic heterocycles. The van der Waals surface area contributed by atoms with Crippen molar-refractivity contribution < 1.29 is 4.39 Å². The smallest absolute Gasteiger partial charge is 0.159 e. The first kappa shape index (κ1) is 21.1. The van der Waals surface area contributed by atoms with Crippen LogP contribution in [0.25, 0.3) is 56.0 Å². The first-order chi connectivity index (χ1) is 17.2. The molecule has 0 saturated carbocycles. The molecule has 1 aromatic carbocycles. The highest BCUT2D eigenvalue weighted by Gasteiger charge is 2.17. The van der Waals surface area contributed by atoms with Gasteiger partial charge in [0.2, 0.25) is 0 Å². The van der Waals surface area contributed by atoms with Crippen LogP contribution < -0.4 is 5.32 Å². The lowest BCUT2D eigenvalue weighted by molar-refractivity contribution is 0.628. The highest BCUT2D eigenvalue weighted by Crippen LogP contribution is 2.31. The van der Waals surface area contributed by atoms with Crippen molar-refractivity contribution in [2.75, 3.05) is 6.54 Å². The van der Waals surface area contributed by atoms with E-state index in [1.54, 1.807) is 24.5 Å². The number of hydrogen-bond acceptors (Lipinski definition) is 6. The molecule has 6 aromatic rings.